The number of hydrogen-bond acceptors (Lipinski definition) is 0. The lowest BCUT2D eigenvalue weighted by molar-refractivity contribution is 0.362. The summed E-state index contributed by atoms with van der Waals surface area (Å²) >= 11 is 0. The van der Waals surface area contributed by atoms with Crippen LogP contribution in [0.1, 0.15) is 41.0 Å². The highest BCUT2D eigenvalue weighted by molar-refractivity contribution is 4.91. The topological polar surface area (TPSA) is 0 Å². The normalized spacial score (nSPS) is 39.3. The van der Waals surface area contributed by atoms with Crippen molar-refractivity contribution in [3.8, 4) is 0 Å². The largest absolute Gasteiger partial charge is 0.0625 e. The minimum absolute atomic E-state index is 0.870. The Morgan fingerprint density at radius 3 is 1.73 bits per heavy atom. The summed E-state index contributed by atoms with van der Waals surface area (Å²) in [6.07, 6.45) is 1.46. The summed E-state index contributed by atoms with van der Waals surface area (Å²) < 4.78 is 0. The lowest BCUT2D eigenvalue weighted by Crippen LogP contribution is -2.05. The molecule has 0 aromatic carbocycles. The van der Waals surface area contributed by atoms with E-state index in [1.807, 2.05) is 0 Å². The quantitative estimate of drug-likeness (QED) is 0.583. The van der Waals surface area contributed by atoms with Crippen LogP contribution in [0.3, 0.4) is 0 Å². The summed E-state index contributed by atoms with van der Waals surface area (Å²) in [7, 11) is 0. The predicted octanol–water partition coefficient (Wildman–Crippen LogP) is 3.57. The van der Waals surface area contributed by atoms with Gasteiger partial charge in [-0.1, -0.05) is 34.6 Å². The first-order valence-corrected chi connectivity index (χ1v) is 5.04. The Hall–Kier alpha value is 0. The molecule has 0 radical (unpaired) electrons. The molecule has 1 aliphatic rings. The lowest BCUT2D eigenvalue weighted by atomic mass is 9.92. The first kappa shape index (κ1) is 9.09. The van der Waals surface area contributed by atoms with Gasteiger partial charge in [0.1, 0.15) is 0 Å². The molecule has 11 heavy (non-hydrogen) atoms. The average molecular weight is 154 g/mol. The van der Waals surface area contributed by atoms with Gasteiger partial charge in [-0.2, -0.15) is 0 Å². The predicted molar refractivity (Wildman–Crippen MR) is 50.4 cm³/mol. The van der Waals surface area contributed by atoms with Crippen LogP contribution < -0.4 is 0 Å². The van der Waals surface area contributed by atoms with Crippen molar-refractivity contribution in [3.63, 3.8) is 0 Å². The van der Waals surface area contributed by atoms with Crippen LogP contribution in [-0.4, -0.2) is 0 Å². The fraction of sp³-hybridized carbons (Fsp3) is 1.00. The van der Waals surface area contributed by atoms with E-state index in [1.165, 1.54) is 6.42 Å². The van der Waals surface area contributed by atoms with Crippen molar-refractivity contribution in [2.45, 2.75) is 41.0 Å². The molecule has 1 rings (SSSR count). The SMILES string of the molecule is CC(C)C(C)CC1C(C)C1C. The first-order chi connectivity index (χ1) is 5.04. The highest BCUT2D eigenvalue weighted by Crippen LogP contribution is 2.49. The third-order valence-electron chi connectivity index (χ3n) is 3.82. The van der Waals surface area contributed by atoms with Crippen LogP contribution in [0.15, 0.2) is 0 Å². The van der Waals surface area contributed by atoms with Crippen LogP contribution in [0.25, 0.3) is 0 Å². The zero-order valence-electron chi connectivity index (χ0n) is 8.59. The monoisotopic (exact) mass is 154 g/mol. The van der Waals surface area contributed by atoms with Gasteiger partial charge >= 0.3 is 0 Å². The molecule has 0 aliphatic heterocycles. The van der Waals surface area contributed by atoms with Crippen molar-refractivity contribution in [1.29, 1.82) is 0 Å². The highest BCUT2D eigenvalue weighted by Gasteiger charge is 2.42. The molecule has 0 aromatic heterocycles. The maximum Gasteiger partial charge on any atom is -0.0355 e. The number of rotatable bonds is 3. The van der Waals surface area contributed by atoms with E-state index in [1.54, 1.807) is 0 Å². The van der Waals surface area contributed by atoms with Crippen molar-refractivity contribution in [1.82, 2.24) is 0 Å². The molecule has 0 amide bonds. The van der Waals surface area contributed by atoms with E-state index in [-0.39, 0.29) is 0 Å². The van der Waals surface area contributed by atoms with Crippen LogP contribution in [0, 0.1) is 29.6 Å². The fourth-order valence-corrected chi connectivity index (χ4v) is 1.90. The molecule has 0 saturated heterocycles. The molecule has 0 heterocycles. The Kier molecular flexibility index (Phi) is 2.61. The fourth-order valence-electron chi connectivity index (χ4n) is 1.90. The summed E-state index contributed by atoms with van der Waals surface area (Å²) in [4.78, 5) is 0. The summed E-state index contributed by atoms with van der Waals surface area (Å²) in [5.41, 5.74) is 0. The van der Waals surface area contributed by atoms with Crippen LogP contribution in [-0.2, 0) is 0 Å². The second-order valence-corrected chi connectivity index (χ2v) is 4.84. The molecule has 0 aromatic rings. The molecule has 3 atom stereocenters. The van der Waals surface area contributed by atoms with Gasteiger partial charge in [-0.15, -0.1) is 0 Å². The Morgan fingerprint density at radius 2 is 1.45 bits per heavy atom. The molecule has 1 aliphatic carbocycles. The second kappa shape index (κ2) is 3.16. The van der Waals surface area contributed by atoms with Crippen molar-refractivity contribution >= 4 is 0 Å². The van der Waals surface area contributed by atoms with Crippen LogP contribution >= 0.6 is 0 Å². The molecule has 66 valence electrons. The van der Waals surface area contributed by atoms with Crippen molar-refractivity contribution < 1.29 is 0 Å². The van der Waals surface area contributed by atoms with Gasteiger partial charge in [-0.25, -0.2) is 0 Å². The summed E-state index contributed by atoms with van der Waals surface area (Å²) in [6, 6.07) is 0. The van der Waals surface area contributed by atoms with Gasteiger partial charge in [-0.3, -0.25) is 0 Å². The number of hydrogen-bond donors (Lipinski definition) is 0. The molecule has 0 heteroatoms. The van der Waals surface area contributed by atoms with Crippen molar-refractivity contribution in [3.05, 3.63) is 0 Å². The summed E-state index contributed by atoms with van der Waals surface area (Å²) in [5.74, 6) is 4.86. The van der Waals surface area contributed by atoms with Gasteiger partial charge in [0.15, 0.2) is 0 Å². The Morgan fingerprint density at radius 1 is 1.00 bits per heavy atom. The first-order valence-electron chi connectivity index (χ1n) is 5.04. The van der Waals surface area contributed by atoms with Gasteiger partial charge in [0.05, 0.1) is 0 Å². The molecule has 1 fully saturated rings. The standard InChI is InChI=1S/C11H22/c1-7(2)8(3)6-11-9(4)10(11)5/h7-11H,6H2,1-5H3. The molecule has 0 N–H and O–H groups in total. The maximum absolute atomic E-state index is 2.39. The van der Waals surface area contributed by atoms with Crippen LogP contribution in [0.2, 0.25) is 0 Å². The minimum Gasteiger partial charge on any atom is -0.0625 e. The maximum atomic E-state index is 2.39. The zero-order valence-corrected chi connectivity index (χ0v) is 8.59. The van der Waals surface area contributed by atoms with E-state index in [0.717, 1.165) is 29.6 Å². The molecule has 3 unspecified atom stereocenters. The van der Waals surface area contributed by atoms with E-state index < -0.39 is 0 Å². The van der Waals surface area contributed by atoms with Gasteiger partial charge < -0.3 is 0 Å². The molecule has 0 bridgehead atoms. The zero-order chi connectivity index (χ0) is 8.59. The molecule has 0 nitrogen and oxygen atoms in total. The Bertz CT molecular complexity index is 111. The Balaban J connectivity index is 2.22. The van der Waals surface area contributed by atoms with E-state index in [9.17, 15) is 0 Å². The van der Waals surface area contributed by atoms with Gasteiger partial charge in [-0.05, 0) is 36.0 Å². The Labute approximate surface area is 71.4 Å². The summed E-state index contributed by atoms with van der Waals surface area (Å²) in [6.45, 7) is 11.8. The van der Waals surface area contributed by atoms with Crippen LogP contribution in [0.4, 0.5) is 0 Å². The third-order valence-corrected chi connectivity index (χ3v) is 3.82. The smallest absolute Gasteiger partial charge is 0.0355 e. The highest BCUT2D eigenvalue weighted by atomic mass is 14.5. The minimum atomic E-state index is 0.870. The van der Waals surface area contributed by atoms with E-state index in [0.29, 0.717) is 0 Å². The molecular formula is C11H22. The van der Waals surface area contributed by atoms with E-state index >= 15 is 0 Å². The van der Waals surface area contributed by atoms with Crippen molar-refractivity contribution in [2.75, 3.05) is 0 Å². The van der Waals surface area contributed by atoms with Crippen molar-refractivity contribution in [2.24, 2.45) is 29.6 Å². The van der Waals surface area contributed by atoms with Gasteiger partial charge in [0.2, 0.25) is 0 Å². The van der Waals surface area contributed by atoms with E-state index in [4.69, 9.17) is 0 Å². The molecule has 0 spiro atoms. The summed E-state index contributed by atoms with van der Waals surface area (Å²) in [5, 5.41) is 0. The average Bonchev–Trinajstić information content (AvgIpc) is 2.45. The van der Waals surface area contributed by atoms with Gasteiger partial charge in [0, 0.05) is 0 Å². The van der Waals surface area contributed by atoms with Crippen LogP contribution in [0.5, 0.6) is 0 Å². The lowest BCUT2D eigenvalue weighted by Gasteiger charge is -2.14. The third kappa shape index (κ3) is 1.98. The molecule has 1 saturated carbocycles. The van der Waals surface area contributed by atoms with Gasteiger partial charge in [0.25, 0.3) is 0 Å². The second-order valence-electron chi connectivity index (χ2n) is 4.84. The van der Waals surface area contributed by atoms with E-state index in [2.05, 4.69) is 34.6 Å². The molecular weight excluding hydrogens is 132 g/mol.